The molecule has 2 N–H and O–H groups in total. The molecule has 4 aromatic rings. The van der Waals surface area contributed by atoms with Crippen molar-refractivity contribution in [1.82, 2.24) is 14.8 Å². The first-order chi connectivity index (χ1) is 17.6. The van der Waals surface area contributed by atoms with Crippen LogP contribution >= 0.6 is 23.5 Å². The number of pyridine rings is 1. The van der Waals surface area contributed by atoms with Crippen molar-refractivity contribution in [1.29, 1.82) is 0 Å². The zero-order chi connectivity index (χ0) is 24.9. The van der Waals surface area contributed by atoms with Gasteiger partial charge in [-0.05, 0) is 73.0 Å². The van der Waals surface area contributed by atoms with Gasteiger partial charge in [0.2, 0.25) is 0 Å². The monoisotopic (exact) mass is 518 g/mol. The van der Waals surface area contributed by atoms with Crippen molar-refractivity contribution >= 4 is 46.0 Å². The quantitative estimate of drug-likeness (QED) is 0.302. The largest absolute Gasteiger partial charge is 0.508 e. The van der Waals surface area contributed by atoms with E-state index in [1.165, 1.54) is 11.9 Å². The highest BCUT2D eigenvalue weighted by Crippen LogP contribution is 2.28. The van der Waals surface area contributed by atoms with Crippen LogP contribution in [-0.2, 0) is 6.54 Å². The summed E-state index contributed by atoms with van der Waals surface area (Å²) in [6, 6.07) is 22.8. The Morgan fingerprint density at radius 2 is 1.83 bits per heavy atom. The number of hydrogen-bond donors (Lipinski definition) is 2. The van der Waals surface area contributed by atoms with E-state index < -0.39 is 0 Å². The fourth-order valence-corrected chi connectivity index (χ4v) is 5.36. The SMILES string of the molecule is O=C(c1ccc(NSc2cccc3cccnc23)cc1)N1CCCN(Cc2cc(Cl)ccc2O)CC1. The Balaban J connectivity index is 1.18. The number of aromatic hydroxyl groups is 1. The molecule has 6 nitrogen and oxygen atoms in total. The first kappa shape index (κ1) is 24.4. The van der Waals surface area contributed by atoms with E-state index in [4.69, 9.17) is 11.6 Å². The predicted octanol–water partition coefficient (Wildman–Crippen LogP) is 6.06. The van der Waals surface area contributed by atoms with Crippen LogP contribution in [0.25, 0.3) is 10.9 Å². The maximum Gasteiger partial charge on any atom is 0.253 e. The summed E-state index contributed by atoms with van der Waals surface area (Å²) in [5.74, 6) is 0.292. The standard InChI is InChI=1S/C28H27ClN4O2S/c29-23-9-12-25(34)22(18-23)19-32-14-3-15-33(17-16-32)28(35)21-7-10-24(11-8-21)31-36-26-6-1-4-20-5-2-13-30-27(20)26/h1-2,4-13,18,31,34H,3,14-17,19H2. The van der Waals surface area contributed by atoms with Crippen molar-refractivity contribution in [2.24, 2.45) is 0 Å². The third kappa shape index (κ3) is 5.75. The number of nitrogens with zero attached hydrogens (tertiary/aromatic N) is 3. The number of hydrogen-bond acceptors (Lipinski definition) is 6. The number of amides is 1. The van der Waals surface area contributed by atoms with Crippen LogP contribution in [0, 0.1) is 0 Å². The van der Waals surface area contributed by atoms with Gasteiger partial charge in [-0.15, -0.1) is 0 Å². The van der Waals surface area contributed by atoms with Crippen LogP contribution in [0.15, 0.2) is 83.9 Å². The second-order valence-electron chi connectivity index (χ2n) is 8.81. The summed E-state index contributed by atoms with van der Waals surface area (Å²) in [4.78, 5) is 22.9. The van der Waals surface area contributed by atoms with Crippen LogP contribution in [0.3, 0.4) is 0 Å². The Bertz CT molecular complexity index is 1360. The molecule has 1 aliphatic rings. The summed E-state index contributed by atoms with van der Waals surface area (Å²) in [5, 5.41) is 11.9. The predicted molar refractivity (Wildman–Crippen MR) is 147 cm³/mol. The van der Waals surface area contributed by atoms with E-state index in [9.17, 15) is 9.90 Å². The normalized spacial score (nSPS) is 14.5. The van der Waals surface area contributed by atoms with Gasteiger partial charge in [-0.1, -0.05) is 29.8 Å². The van der Waals surface area contributed by atoms with E-state index >= 15 is 0 Å². The summed E-state index contributed by atoms with van der Waals surface area (Å²) in [7, 11) is 0. The summed E-state index contributed by atoms with van der Waals surface area (Å²) in [5.41, 5.74) is 3.37. The highest BCUT2D eigenvalue weighted by Gasteiger charge is 2.21. The number of aromatic nitrogens is 1. The van der Waals surface area contributed by atoms with Gasteiger partial charge in [0, 0.05) is 66.1 Å². The lowest BCUT2D eigenvalue weighted by Crippen LogP contribution is -2.35. The van der Waals surface area contributed by atoms with Crippen molar-refractivity contribution < 1.29 is 9.90 Å². The number of anilines is 1. The van der Waals surface area contributed by atoms with Crippen LogP contribution in [0.1, 0.15) is 22.3 Å². The van der Waals surface area contributed by atoms with Crippen molar-refractivity contribution in [3.63, 3.8) is 0 Å². The second kappa shape index (κ2) is 11.2. The number of phenols is 1. The van der Waals surface area contributed by atoms with Crippen molar-refractivity contribution in [3.05, 3.63) is 95.1 Å². The maximum atomic E-state index is 13.2. The van der Waals surface area contributed by atoms with Crippen molar-refractivity contribution in [3.8, 4) is 5.75 Å². The molecule has 1 amide bonds. The minimum absolute atomic E-state index is 0.0416. The van der Waals surface area contributed by atoms with Crippen LogP contribution < -0.4 is 4.72 Å². The van der Waals surface area contributed by atoms with Crippen molar-refractivity contribution in [2.75, 3.05) is 30.9 Å². The van der Waals surface area contributed by atoms with Gasteiger partial charge in [-0.2, -0.15) is 0 Å². The van der Waals surface area contributed by atoms with Gasteiger partial charge in [-0.25, -0.2) is 0 Å². The van der Waals surface area contributed by atoms with E-state index in [1.54, 1.807) is 24.4 Å². The van der Waals surface area contributed by atoms with Crippen LogP contribution in [0.4, 0.5) is 5.69 Å². The van der Waals surface area contributed by atoms with E-state index in [0.29, 0.717) is 30.2 Å². The summed E-state index contributed by atoms with van der Waals surface area (Å²) in [6.07, 6.45) is 2.68. The van der Waals surface area contributed by atoms with Gasteiger partial charge in [0.25, 0.3) is 5.91 Å². The van der Waals surface area contributed by atoms with Gasteiger partial charge in [0.05, 0.1) is 10.4 Å². The lowest BCUT2D eigenvalue weighted by atomic mass is 10.2. The van der Waals surface area contributed by atoms with Crippen LogP contribution in [0.5, 0.6) is 5.75 Å². The van der Waals surface area contributed by atoms with Crippen LogP contribution in [-0.4, -0.2) is 52.0 Å². The second-order valence-corrected chi connectivity index (χ2v) is 10.1. The first-order valence-electron chi connectivity index (χ1n) is 11.9. The molecule has 1 aliphatic heterocycles. The van der Waals surface area contributed by atoms with Gasteiger partial charge in [0.15, 0.2) is 0 Å². The molecule has 5 rings (SSSR count). The Morgan fingerprint density at radius 1 is 1.00 bits per heavy atom. The molecular formula is C28H27ClN4O2S. The molecule has 36 heavy (non-hydrogen) atoms. The van der Waals surface area contributed by atoms with E-state index in [2.05, 4.69) is 26.7 Å². The molecule has 0 saturated carbocycles. The zero-order valence-corrected chi connectivity index (χ0v) is 21.3. The lowest BCUT2D eigenvalue weighted by molar-refractivity contribution is 0.0761. The molecule has 0 atom stereocenters. The molecule has 0 aliphatic carbocycles. The minimum atomic E-state index is 0.0416. The highest BCUT2D eigenvalue weighted by molar-refractivity contribution is 8.00. The summed E-state index contributed by atoms with van der Waals surface area (Å²) in [6.45, 7) is 3.56. The fourth-order valence-electron chi connectivity index (χ4n) is 4.39. The molecule has 2 heterocycles. The fraction of sp³-hybridized carbons (Fsp3) is 0.214. The van der Waals surface area contributed by atoms with Gasteiger partial charge >= 0.3 is 0 Å². The molecule has 3 aromatic carbocycles. The first-order valence-corrected chi connectivity index (χ1v) is 13.1. The molecule has 0 unspecified atom stereocenters. The van der Waals surface area contributed by atoms with E-state index in [0.717, 1.165) is 46.6 Å². The topological polar surface area (TPSA) is 68.7 Å². The molecule has 8 heteroatoms. The summed E-state index contributed by atoms with van der Waals surface area (Å²) >= 11 is 7.60. The van der Waals surface area contributed by atoms with Crippen LogP contribution in [0.2, 0.25) is 5.02 Å². The smallest absolute Gasteiger partial charge is 0.253 e. The Morgan fingerprint density at radius 3 is 2.69 bits per heavy atom. The molecule has 0 spiro atoms. The third-order valence-corrected chi connectivity index (χ3v) is 7.44. The number of phenolic OH excluding ortho intramolecular Hbond substituents is 1. The zero-order valence-electron chi connectivity index (χ0n) is 19.7. The average molecular weight is 519 g/mol. The lowest BCUT2D eigenvalue weighted by Gasteiger charge is -2.22. The average Bonchev–Trinajstić information content (AvgIpc) is 3.15. The number of nitrogens with one attached hydrogen (secondary N) is 1. The number of para-hydroxylation sites is 1. The number of carbonyl (C=O) groups is 1. The number of carbonyl (C=O) groups excluding carboxylic acids is 1. The molecule has 184 valence electrons. The molecule has 1 fully saturated rings. The molecule has 0 bridgehead atoms. The van der Waals surface area contributed by atoms with E-state index in [-0.39, 0.29) is 11.7 Å². The van der Waals surface area contributed by atoms with Gasteiger partial charge in [-0.3, -0.25) is 14.7 Å². The Kier molecular flexibility index (Phi) is 7.60. The number of benzene rings is 3. The number of fused-ring (bicyclic) bond motifs is 1. The molecule has 1 aromatic heterocycles. The Hall–Kier alpha value is -3.26. The molecular weight excluding hydrogens is 492 g/mol. The van der Waals surface area contributed by atoms with Gasteiger partial charge in [0.1, 0.15) is 5.75 Å². The number of rotatable bonds is 6. The maximum absolute atomic E-state index is 13.2. The molecule has 1 saturated heterocycles. The van der Waals surface area contributed by atoms with E-state index in [1.807, 2.05) is 47.4 Å². The molecule has 0 radical (unpaired) electrons. The third-order valence-electron chi connectivity index (χ3n) is 6.32. The summed E-state index contributed by atoms with van der Waals surface area (Å²) < 4.78 is 3.36. The minimum Gasteiger partial charge on any atom is -0.508 e. The Labute approximate surface area is 220 Å². The number of halogens is 1. The van der Waals surface area contributed by atoms with Crippen molar-refractivity contribution in [2.45, 2.75) is 17.9 Å². The van der Waals surface area contributed by atoms with Gasteiger partial charge < -0.3 is 14.7 Å². The highest BCUT2D eigenvalue weighted by atomic mass is 35.5.